The highest BCUT2D eigenvalue weighted by atomic mass is 32.1. The SMILES string of the molecule is C[C@@H](c1ccc(F)cc1)N1C=Nc2ccnc(NCc3ccc(-c4ccc5ncnc(N)c5c4)s3)c2C1O. The third-order valence-corrected chi connectivity index (χ3v) is 7.81. The largest absolute Gasteiger partial charge is 0.383 e. The molecule has 190 valence electrons. The van der Waals surface area contributed by atoms with Crippen LogP contribution in [0.25, 0.3) is 21.3 Å². The van der Waals surface area contributed by atoms with E-state index in [4.69, 9.17) is 5.73 Å². The van der Waals surface area contributed by atoms with Crippen LogP contribution in [0.1, 0.15) is 35.2 Å². The van der Waals surface area contributed by atoms with Gasteiger partial charge in [0.05, 0.1) is 35.7 Å². The summed E-state index contributed by atoms with van der Waals surface area (Å²) in [6, 6.07) is 17.9. The van der Waals surface area contributed by atoms with E-state index in [1.54, 1.807) is 47.0 Å². The van der Waals surface area contributed by atoms with Crippen molar-refractivity contribution < 1.29 is 9.50 Å². The van der Waals surface area contributed by atoms with Gasteiger partial charge in [0.25, 0.3) is 0 Å². The number of thiophene rings is 1. The second-order valence-corrected chi connectivity index (χ2v) is 10.2. The van der Waals surface area contributed by atoms with Crippen molar-refractivity contribution in [3.63, 3.8) is 0 Å². The lowest BCUT2D eigenvalue weighted by Crippen LogP contribution is -2.33. The lowest BCUT2D eigenvalue weighted by Gasteiger charge is -2.35. The van der Waals surface area contributed by atoms with E-state index in [1.807, 2.05) is 25.1 Å². The molecule has 4 N–H and O–H groups in total. The lowest BCUT2D eigenvalue weighted by molar-refractivity contribution is 0.0321. The topological polar surface area (TPSA) is 113 Å². The van der Waals surface area contributed by atoms with Gasteiger partial charge in [-0.05, 0) is 60.5 Å². The molecule has 2 atom stereocenters. The van der Waals surface area contributed by atoms with Crippen LogP contribution < -0.4 is 11.1 Å². The maximum atomic E-state index is 13.4. The summed E-state index contributed by atoms with van der Waals surface area (Å²) >= 11 is 1.66. The predicted octanol–water partition coefficient (Wildman–Crippen LogP) is 5.81. The minimum absolute atomic E-state index is 0.225. The standard InChI is InChI=1S/C28H24FN7OS/c1-16(17-2-5-19(29)6-3-17)36-15-35-23-10-11-31-27(25(23)28(36)37)32-13-20-7-9-24(38-20)18-4-8-22-21(12-18)26(30)34-14-33-22/h2-12,14-16,28,37H,13H2,1H3,(H,31,32)(H2,30,33,34)/t16-,28?/m0/s1. The van der Waals surface area contributed by atoms with Gasteiger partial charge in [0.1, 0.15) is 23.8 Å². The summed E-state index contributed by atoms with van der Waals surface area (Å²) in [7, 11) is 0. The van der Waals surface area contributed by atoms with E-state index in [2.05, 4.69) is 37.4 Å². The minimum Gasteiger partial charge on any atom is -0.383 e. The second kappa shape index (κ2) is 9.81. The number of aliphatic imine (C=N–C) groups is 1. The Labute approximate surface area is 222 Å². The lowest BCUT2D eigenvalue weighted by atomic mass is 10.0. The molecule has 2 aromatic carbocycles. The first-order chi connectivity index (χ1) is 18.5. The van der Waals surface area contributed by atoms with Crippen molar-refractivity contribution in [2.24, 2.45) is 4.99 Å². The van der Waals surface area contributed by atoms with Crippen molar-refractivity contribution in [2.45, 2.75) is 25.7 Å². The van der Waals surface area contributed by atoms with Gasteiger partial charge in [-0.3, -0.25) is 0 Å². The van der Waals surface area contributed by atoms with Crippen LogP contribution in [0.4, 0.5) is 21.7 Å². The molecule has 0 saturated heterocycles. The summed E-state index contributed by atoms with van der Waals surface area (Å²) in [5.74, 6) is 0.721. The highest BCUT2D eigenvalue weighted by Gasteiger charge is 2.30. The van der Waals surface area contributed by atoms with Gasteiger partial charge in [-0.2, -0.15) is 0 Å². The fraction of sp³-hybridized carbons (Fsp3) is 0.143. The number of nitrogens with one attached hydrogen (secondary N) is 1. The normalized spacial score (nSPS) is 15.4. The quantitative estimate of drug-likeness (QED) is 0.256. The number of rotatable bonds is 6. The fourth-order valence-electron chi connectivity index (χ4n) is 4.57. The van der Waals surface area contributed by atoms with Crippen molar-refractivity contribution >= 4 is 45.9 Å². The number of fused-ring (bicyclic) bond motifs is 2. The number of halogens is 1. The molecule has 0 saturated carbocycles. The Hall–Kier alpha value is -4.41. The third-order valence-electron chi connectivity index (χ3n) is 6.68. The average molecular weight is 526 g/mol. The Morgan fingerprint density at radius 2 is 1.92 bits per heavy atom. The van der Waals surface area contributed by atoms with Crippen LogP contribution in [0.5, 0.6) is 0 Å². The number of aliphatic hydroxyl groups excluding tert-OH is 1. The molecule has 0 fully saturated rings. The van der Waals surface area contributed by atoms with E-state index in [0.29, 0.717) is 29.4 Å². The van der Waals surface area contributed by atoms with Crippen LogP contribution in [-0.4, -0.2) is 31.3 Å². The number of pyridine rings is 1. The Kier molecular flexibility index (Phi) is 6.18. The predicted molar refractivity (Wildman–Crippen MR) is 149 cm³/mol. The Morgan fingerprint density at radius 3 is 2.76 bits per heavy atom. The molecule has 0 radical (unpaired) electrons. The molecule has 0 amide bonds. The van der Waals surface area contributed by atoms with Gasteiger partial charge < -0.3 is 21.1 Å². The molecule has 0 spiro atoms. The van der Waals surface area contributed by atoms with E-state index in [-0.39, 0.29) is 11.9 Å². The molecule has 0 aliphatic carbocycles. The van der Waals surface area contributed by atoms with Crippen molar-refractivity contribution in [3.8, 4) is 10.4 Å². The number of anilines is 2. The fourth-order valence-corrected chi connectivity index (χ4v) is 5.51. The smallest absolute Gasteiger partial charge is 0.160 e. The Balaban J connectivity index is 1.21. The molecule has 38 heavy (non-hydrogen) atoms. The number of nitrogens with zero attached hydrogens (tertiary/aromatic N) is 5. The summed E-state index contributed by atoms with van der Waals surface area (Å²) in [5.41, 5.74) is 10.0. The molecule has 4 heterocycles. The number of hydrogen-bond acceptors (Lipinski definition) is 9. The van der Waals surface area contributed by atoms with Gasteiger partial charge >= 0.3 is 0 Å². The first-order valence-electron chi connectivity index (χ1n) is 12.0. The van der Waals surface area contributed by atoms with E-state index in [1.165, 1.54) is 18.5 Å². The molecular weight excluding hydrogens is 501 g/mol. The van der Waals surface area contributed by atoms with E-state index in [0.717, 1.165) is 31.8 Å². The van der Waals surface area contributed by atoms with E-state index >= 15 is 0 Å². The van der Waals surface area contributed by atoms with Crippen LogP contribution >= 0.6 is 11.3 Å². The highest BCUT2D eigenvalue weighted by molar-refractivity contribution is 7.15. The van der Waals surface area contributed by atoms with Crippen LogP contribution in [0.2, 0.25) is 0 Å². The Bertz CT molecular complexity index is 1650. The number of hydrogen-bond donors (Lipinski definition) is 3. The summed E-state index contributed by atoms with van der Waals surface area (Å²) in [6.45, 7) is 2.47. The first kappa shape index (κ1) is 24.0. The average Bonchev–Trinajstić information content (AvgIpc) is 3.41. The number of nitrogens with two attached hydrogens (primary N) is 1. The number of aliphatic hydroxyl groups is 1. The summed E-state index contributed by atoms with van der Waals surface area (Å²) in [5, 5.41) is 15.5. The van der Waals surface area contributed by atoms with Crippen molar-refractivity contribution in [1.29, 1.82) is 0 Å². The molecule has 3 aromatic heterocycles. The van der Waals surface area contributed by atoms with Crippen LogP contribution in [0, 0.1) is 5.82 Å². The molecule has 5 aromatic rings. The second-order valence-electron chi connectivity index (χ2n) is 9.00. The number of benzene rings is 2. The van der Waals surface area contributed by atoms with E-state index in [9.17, 15) is 9.50 Å². The maximum Gasteiger partial charge on any atom is 0.160 e. The maximum absolute atomic E-state index is 13.4. The zero-order valence-corrected chi connectivity index (χ0v) is 21.2. The molecular formula is C28H24FN7OS. The van der Waals surface area contributed by atoms with Gasteiger partial charge in [-0.25, -0.2) is 24.3 Å². The van der Waals surface area contributed by atoms with E-state index < -0.39 is 6.23 Å². The molecule has 1 aliphatic heterocycles. The molecule has 1 unspecified atom stereocenters. The molecule has 10 heteroatoms. The number of nitrogen functional groups attached to an aromatic ring is 1. The first-order valence-corrected chi connectivity index (χ1v) is 12.9. The summed E-state index contributed by atoms with van der Waals surface area (Å²) in [6.07, 6.45) is 3.79. The van der Waals surface area contributed by atoms with Crippen molar-refractivity contribution in [1.82, 2.24) is 19.9 Å². The van der Waals surface area contributed by atoms with Crippen LogP contribution in [0.3, 0.4) is 0 Å². The highest BCUT2D eigenvalue weighted by Crippen LogP contribution is 2.40. The monoisotopic (exact) mass is 525 g/mol. The molecule has 6 rings (SSSR count). The van der Waals surface area contributed by atoms with Crippen LogP contribution in [0.15, 0.2) is 78.2 Å². The summed E-state index contributed by atoms with van der Waals surface area (Å²) in [4.78, 5) is 21.3. The van der Waals surface area contributed by atoms with Gasteiger partial charge in [-0.1, -0.05) is 18.2 Å². The minimum atomic E-state index is -0.970. The van der Waals surface area contributed by atoms with Crippen molar-refractivity contribution in [3.05, 3.63) is 95.0 Å². The molecule has 1 aliphatic rings. The zero-order chi connectivity index (χ0) is 26.2. The molecule has 8 nitrogen and oxygen atoms in total. The Morgan fingerprint density at radius 1 is 1.08 bits per heavy atom. The molecule has 0 bridgehead atoms. The zero-order valence-electron chi connectivity index (χ0n) is 20.4. The number of aromatic nitrogens is 3. The van der Waals surface area contributed by atoms with Gasteiger partial charge in [0, 0.05) is 21.3 Å². The van der Waals surface area contributed by atoms with Crippen molar-refractivity contribution in [2.75, 3.05) is 11.1 Å². The third kappa shape index (κ3) is 4.44. The van der Waals surface area contributed by atoms with Gasteiger partial charge in [0.15, 0.2) is 6.23 Å². The summed E-state index contributed by atoms with van der Waals surface area (Å²) < 4.78 is 13.4. The van der Waals surface area contributed by atoms with Gasteiger partial charge in [0.2, 0.25) is 0 Å². The van der Waals surface area contributed by atoms with Crippen LogP contribution in [-0.2, 0) is 6.54 Å². The van der Waals surface area contributed by atoms with Gasteiger partial charge in [-0.15, -0.1) is 11.3 Å².